The lowest BCUT2D eigenvalue weighted by Crippen LogP contribution is -2.43. The fourth-order valence-corrected chi connectivity index (χ4v) is 4.06. The van der Waals surface area contributed by atoms with Crippen LogP contribution >= 0.6 is 36.2 Å². The van der Waals surface area contributed by atoms with Gasteiger partial charge in [-0.1, -0.05) is 12.8 Å². The molecule has 4 nitrogen and oxygen atoms in total. The molecular weight excluding hydrogens is 329 g/mol. The normalized spacial score (nSPS) is 27.2. The van der Waals surface area contributed by atoms with Crippen molar-refractivity contribution in [1.29, 1.82) is 0 Å². The van der Waals surface area contributed by atoms with Crippen LogP contribution in [-0.4, -0.2) is 34.9 Å². The van der Waals surface area contributed by atoms with Crippen molar-refractivity contribution in [2.75, 3.05) is 7.05 Å². The highest BCUT2D eigenvalue weighted by atomic mass is 35.5. The van der Waals surface area contributed by atoms with Crippen LogP contribution in [0.1, 0.15) is 37.1 Å². The Bertz CT molecular complexity index is 429. The second-order valence-electron chi connectivity index (χ2n) is 5.73. The molecule has 1 saturated heterocycles. The lowest BCUT2D eigenvalue weighted by Gasteiger charge is -2.24. The highest BCUT2D eigenvalue weighted by Gasteiger charge is 2.39. The Morgan fingerprint density at radius 2 is 2.19 bits per heavy atom. The van der Waals surface area contributed by atoms with Crippen molar-refractivity contribution in [1.82, 2.24) is 15.2 Å². The molecule has 1 aliphatic heterocycles. The molecule has 0 bridgehead atoms. The fraction of sp³-hybridized carbons (Fsp3) is 0.714. The molecule has 120 valence electrons. The number of nitrogens with one attached hydrogen (secondary N) is 1. The molecule has 0 spiro atoms. The largest absolute Gasteiger partial charge is 0.338 e. The minimum atomic E-state index is 0. The van der Waals surface area contributed by atoms with Crippen LogP contribution in [0.15, 0.2) is 11.6 Å². The number of carbonyl (C=O) groups excluding carboxylic acids is 1. The van der Waals surface area contributed by atoms with E-state index in [1.165, 1.54) is 25.7 Å². The number of nitrogens with zero attached hydrogens (tertiary/aromatic N) is 2. The van der Waals surface area contributed by atoms with E-state index in [0.717, 1.165) is 17.3 Å². The van der Waals surface area contributed by atoms with E-state index >= 15 is 0 Å². The van der Waals surface area contributed by atoms with Crippen LogP contribution in [0.5, 0.6) is 0 Å². The molecule has 2 aliphatic rings. The summed E-state index contributed by atoms with van der Waals surface area (Å²) in [5.41, 5.74) is 0. The number of carbonyl (C=O) groups is 1. The Balaban J connectivity index is 0.00000110. The first kappa shape index (κ1) is 18.7. The molecule has 1 aromatic heterocycles. The number of amides is 1. The maximum Gasteiger partial charge on any atom is 0.239 e. The maximum atomic E-state index is 12.5. The average molecular weight is 352 g/mol. The predicted molar refractivity (Wildman–Crippen MR) is 90.4 cm³/mol. The van der Waals surface area contributed by atoms with Gasteiger partial charge in [-0.3, -0.25) is 4.79 Å². The quantitative estimate of drug-likeness (QED) is 0.910. The van der Waals surface area contributed by atoms with Crippen LogP contribution in [0, 0.1) is 5.92 Å². The first-order valence-corrected chi connectivity index (χ1v) is 8.01. The Labute approximate surface area is 142 Å². The monoisotopic (exact) mass is 351 g/mol. The first-order valence-electron chi connectivity index (χ1n) is 7.13. The summed E-state index contributed by atoms with van der Waals surface area (Å²) in [6, 6.07) is 0.606. The van der Waals surface area contributed by atoms with Crippen molar-refractivity contribution in [3.63, 3.8) is 0 Å². The predicted octanol–water partition coefficient (Wildman–Crippen LogP) is 2.87. The van der Waals surface area contributed by atoms with Crippen LogP contribution in [0.25, 0.3) is 0 Å². The van der Waals surface area contributed by atoms with Gasteiger partial charge in [-0.2, -0.15) is 0 Å². The fourth-order valence-electron chi connectivity index (χ4n) is 3.39. The van der Waals surface area contributed by atoms with Crippen molar-refractivity contribution in [2.45, 2.75) is 50.7 Å². The Hall–Kier alpha value is -0.360. The molecule has 1 N–H and O–H groups in total. The third kappa shape index (κ3) is 4.31. The van der Waals surface area contributed by atoms with E-state index < -0.39 is 0 Å². The van der Waals surface area contributed by atoms with Crippen molar-refractivity contribution >= 4 is 42.1 Å². The lowest BCUT2D eigenvalue weighted by molar-refractivity contribution is -0.132. The highest BCUT2D eigenvalue weighted by Crippen LogP contribution is 2.33. The number of likely N-dealkylation sites (N-methyl/N-ethyl adjacent to an activating group) is 1. The Morgan fingerprint density at radius 1 is 1.43 bits per heavy atom. The van der Waals surface area contributed by atoms with E-state index in [1.807, 2.05) is 17.3 Å². The molecule has 1 aromatic rings. The molecule has 7 heteroatoms. The van der Waals surface area contributed by atoms with Gasteiger partial charge in [-0.15, -0.1) is 36.2 Å². The molecule has 1 aliphatic carbocycles. The summed E-state index contributed by atoms with van der Waals surface area (Å²) in [5.74, 6) is 0.945. The topological polar surface area (TPSA) is 45.2 Å². The number of aromatic nitrogens is 1. The van der Waals surface area contributed by atoms with Gasteiger partial charge in [0.15, 0.2) is 0 Å². The van der Waals surface area contributed by atoms with Gasteiger partial charge in [-0.05, 0) is 25.2 Å². The third-order valence-electron chi connectivity index (χ3n) is 4.39. The highest BCUT2D eigenvalue weighted by molar-refractivity contribution is 7.09. The number of hydrogen-bond donors (Lipinski definition) is 1. The van der Waals surface area contributed by atoms with Crippen molar-refractivity contribution in [3.05, 3.63) is 16.6 Å². The SMILES string of the molecule is CN(Cc1nccs1)C(=O)C1CC2CCCCC2N1.Cl.Cl. The number of halogens is 2. The van der Waals surface area contributed by atoms with E-state index in [-0.39, 0.29) is 36.8 Å². The van der Waals surface area contributed by atoms with Crippen molar-refractivity contribution in [2.24, 2.45) is 5.92 Å². The molecule has 1 saturated carbocycles. The van der Waals surface area contributed by atoms with Crippen molar-refractivity contribution in [3.8, 4) is 0 Å². The first-order chi connectivity index (χ1) is 9.24. The second kappa shape index (κ2) is 8.32. The molecule has 21 heavy (non-hydrogen) atoms. The standard InChI is InChI=1S/C14H21N3OS.2ClH/c1-17(9-13-15-6-7-19-13)14(18)12-8-10-4-2-3-5-11(10)16-12;;/h6-7,10-12,16H,2-5,8-9H2,1H3;2*1H. The summed E-state index contributed by atoms with van der Waals surface area (Å²) >= 11 is 1.61. The molecule has 1 amide bonds. The van der Waals surface area contributed by atoms with Gasteiger partial charge in [0.2, 0.25) is 5.91 Å². The molecule has 0 aromatic carbocycles. The van der Waals surface area contributed by atoms with E-state index in [1.54, 1.807) is 17.5 Å². The summed E-state index contributed by atoms with van der Waals surface area (Å²) in [4.78, 5) is 18.5. The van der Waals surface area contributed by atoms with Crippen LogP contribution in [0.3, 0.4) is 0 Å². The van der Waals surface area contributed by atoms with Crippen LogP contribution in [0.2, 0.25) is 0 Å². The zero-order chi connectivity index (χ0) is 13.2. The zero-order valence-electron chi connectivity index (χ0n) is 12.2. The maximum absolute atomic E-state index is 12.5. The Kier molecular flexibility index (Phi) is 7.40. The molecular formula is C14H23Cl2N3OS. The zero-order valence-corrected chi connectivity index (χ0v) is 14.6. The van der Waals surface area contributed by atoms with Crippen LogP contribution in [0.4, 0.5) is 0 Å². The summed E-state index contributed by atoms with van der Waals surface area (Å²) in [6.45, 7) is 0.629. The third-order valence-corrected chi connectivity index (χ3v) is 5.16. The van der Waals surface area contributed by atoms with E-state index in [4.69, 9.17) is 0 Å². The molecule has 3 rings (SSSR count). The Morgan fingerprint density at radius 3 is 2.86 bits per heavy atom. The van der Waals surface area contributed by atoms with Crippen LogP contribution in [-0.2, 0) is 11.3 Å². The molecule has 3 atom stereocenters. The van der Waals surface area contributed by atoms with Gasteiger partial charge in [-0.25, -0.2) is 4.98 Å². The van der Waals surface area contributed by atoms with Gasteiger partial charge in [0.1, 0.15) is 5.01 Å². The minimum absolute atomic E-state index is 0. The summed E-state index contributed by atoms with van der Waals surface area (Å²) in [6.07, 6.45) is 7.98. The molecule has 0 radical (unpaired) electrons. The number of hydrogen-bond acceptors (Lipinski definition) is 4. The number of fused-ring (bicyclic) bond motifs is 1. The van der Waals surface area contributed by atoms with Gasteiger partial charge in [0.05, 0.1) is 12.6 Å². The van der Waals surface area contributed by atoms with Crippen molar-refractivity contribution < 1.29 is 4.79 Å². The molecule has 2 fully saturated rings. The van der Waals surface area contributed by atoms with E-state index in [2.05, 4.69) is 10.3 Å². The van der Waals surface area contributed by atoms with Crippen LogP contribution < -0.4 is 5.32 Å². The minimum Gasteiger partial charge on any atom is -0.338 e. The van der Waals surface area contributed by atoms with E-state index in [9.17, 15) is 4.79 Å². The summed E-state index contributed by atoms with van der Waals surface area (Å²) in [5, 5.41) is 6.51. The van der Waals surface area contributed by atoms with Gasteiger partial charge < -0.3 is 10.2 Å². The summed E-state index contributed by atoms with van der Waals surface area (Å²) < 4.78 is 0. The summed E-state index contributed by atoms with van der Waals surface area (Å²) in [7, 11) is 1.88. The molecule has 3 unspecified atom stereocenters. The number of rotatable bonds is 3. The smallest absolute Gasteiger partial charge is 0.239 e. The average Bonchev–Trinajstić information content (AvgIpc) is 3.05. The van der Waals surface area contributed by atoms with Gasteiger partial charge >= 0.3 is 0 Å². The van der Waals surface area contributed by atoms with Gasteiger partial charge in [0.25, 0.3) is 0 Å². The van der Waals surface area contributed by atoms with E-state index in [0.29, 0.717) is 12.6 Å². The molecule has 2 heterocycles. The lowest BCUT2D eigenvalue weighted by atomic mass is 9.85. The number of thiazole rings is 1. The van der Waals surface area contributed by atoms with Gasteiger partial charge in [0, 0.05) is 24.7 Å². The second-order valence-corrected chi connectivity index (χ2v) is 6.71.